The summed E-state index contributed by atoms with van der Waals surface area (Å²) in [4.78, 5) is 13.2. The average Bonchev–Trinajstić information content (AvgIpc) is 2.62. The molecule has 0 aliphatic heterocycles. The summed E-state index contributed by atoms with van der Waals surface area (Å²) in [6, 6.07) is 18.2. The molecule has 3 aromatic rings. The van der Waals surface area contributed by atoms with E-state index >= 15 is 0 Å². The molecular weight excluding hydrogens is 356 g/mol. The maximum Gasteiger partial charge on any atom is 0.517 e. The third kappa shape index (κ3) is 3.25. The van der Waals surface area contributed by atoms with Gasteiger partial charge in [-0.15, -0.1) is 0 Å². The molecule has 0 spiro atoms. The van der Waals surface area contributed by atoms with Gasteiger partial charge in [-0.1, -0.05) is 0 Å². The SMILES string of the molecule is O=C(O)OS(c1ccc(O)cc1)(c1ccc(O)cc1)c1ccc(O)cc1. The number of aromatic hydroxyl groups is 3. The highest BCUT2D eigenvalue weighted by atomic mass is 32.3. The highest BCUT2D eigenvalue weighted by Crippen LogP contribution is 2.69. The van der Waals surface area contributed by atoms with Crippen molar-refractivity contribution in [3.8, 4) is 17.2 Å². The summed E-state index contributed by atoms with van der Waals surface area (Å²) >= 11 is 0. The van der Waals surface area contributed by atoms with Gasteiger partial charge < -0.3 is 24.6 Å². The number of carboxylic acid groups (broad SMARTS) is 1. The molecule has 4 N–H and O–H groups in total. The molecule has 134 valence electrons. The van der Waals surface area contributed by atoms with Gasteiger partial charge in [0.15, 0.2) is 0 Å². The monoisotopic (exact) mass is 372 g/mol. The Kier molecular flexibility index (Phi) is 4.64. The van der Waals surface area contributed by atoms with Crippen LogP contribution in [0.15, 0.2) is 87.5 Å². The first-order valence-electron chi connectivity index (χ1n) is 7.55. The zero-order valence-electron chi connectivity index (χ0n) is 13.4. The molecule has 0 radical (unpaired) electrons. The van der Waals surface area contributed by atoms with Gasteiger partial charge in [-0.25, -0.2) is 4.79 Å². The summed E-state index contributed by atoms with van der Waals surface area (Å²) in [5, 5.41) is 38.3. The van der Waals surface area contributed by atoms with Crippen LogP contribution in [-0.4, -0.2) is 26.6 Å². The zero-order chi connectivity index (χ0) is 18.7. The molecule has 26 heavy (non-hydrogen) atoms. The van der Waals surface area contributed by atoms with E-state index in [1.807, 2.05) is 0 Å². The Hall–Kier alpha value is -3.32. The van der Waals surface area contributed by atoms with Crippen LogP contribution in [0.25, 0.3) is 0 Å². The molecule has 3 rings (SSSR count). The van der Waals surface area contributed by atoms with Gasteiger partial charge in [-0.2, -0.15) is 0 Å². The maximum atomic E-state index is 11.6. The third-order valence-corrected chi connectivity index (χ3v) is 6.90. The van der Waals surface area contributed by atoms with Crippen LogP contribution < -0.4 is 0 Å². The van der Waals surface area contributed by atoms with E-state index in [4.69, 9.17) is 4.18 Å². The van der Waals surface area contributed by atoms with Gasteiger partial charge in [0, 0.05) is 14.7 Å². The fraction of sp³-hybridized carbons (Fsp3) is 0. The van der Waals surface area contributed by atoms with Crippen LogP contribution in [-0.2, 0) is 4.18 Å². The molecule has 0 heterocycles. The molecule has 0 amide bonds. The van der Waals surface area contributed by atoms with Crippen molar-refractivity contribution in [2.45, 2.75) is 14.7 Å². The predicted molar refractivity (Wildman–Crippen MR) is 95.8 cm³/mol. The quantitative estimate of drug-likeness (QED) is 0.529. The molecule has 0 fully saturated rings. The van der Waals surface area contributed by atoms with E-state index in [2.05, 4.69) is 0 Å². The molecule has 0 aliphatic rings. The van der Waals surface area contributed by atoms with E-state index in [1.165, 1.54) is 36.4 Å². The van der Waals surface area contributed by atoms with Crippen molar-refractivity contribution < 1.29 is 29.4 Å². The molecule has 0 bridgehead atoms. The Labute approximate surface area is 151 Å². The minimum atomic E-state index is -2.72. The minimum absolute atomic E-state index is 0.0359. The standard InChI is InChI=1S/C19H16O6S/c20-13-1-7-16(8-2-13)26(25-19(23)24,17-9-3-14(21)4-10-17)18-11-5-15(22)6-12-18/h1-12,20-22H,(H,23,24). The van der Waals surface area contributed by atoms with Gasteiger partial charge in [0.1, 0.15) is 17.2 Å². The second-order valence-electron chi connectivity index (χ2n) is 5.39. The van der Waals surface area contributed by atoms with Crippen LogP contribution in [0.3, 0.4) is 0 Å². The lowest BCUT2D eigenvalue weighted by Gasteiger charge is -2.38. The number of hydrogen-bond donors (Lipinski definition) is 4. The average molecular weight is 372 g/mol. The molecule has 0 saturated heterocycles. The normalized spacial score (nSPS) is 11.7. The Morgan fingerprint density at radius 2 is 0.885 bits per heavy atom. The summed E-state index contributed by atoms with van der Waals surface area (Å²) in [5.74, 6) is 0.108. The van der Waals surface area contributed by atoms with Crippen molar-refractivity contribution in [3.05, 3.63) is 72.8 Å². The van der Waals surface area contributed by atoms with Gasteiger partial charge in [0.05, 0.1) is 0 Å². The highest BCUT2D eigenvalue weighted by molar-refractivity contribution is 8.30. The largest absolute Gasteiger partial charge is 0.517 e. The van der Waals surface area contributed by atoms with Gasteiger partial charge in [-0.3, -0.25) is 0 Å². The predicted octanol–water partition coefficient (Wildman–Crippen LogP) is 4.69. The number of phenols is 3. The zero-order valence-corrected chi connectivity index (χ0v) is 14.3. The van der Waals surface area contributed by atoms with Crippen LogP contribution in [0.4, 0.5) is 4.79 Å². The summed E-state index contributed by atoms with van der Waals surface area (Å²) in [7, 11) is -2.72. The van der Waals surface area contributed by atoms with E-state index in [1.54, 1.807) is 36.4 Å². The van der Waals surface area contributed by atoms with Crippen molar-refractivity contribution in [1.82, 2.24) is 0 Å². The third-order valence-electron chi connectivity index (χ3n) is 3.70. The molecule has 0 saturated carbocycles. The van der Waals surface area contributed by atoms with Crippen LogP contribution in [0.1, 0.15) is 0 Å². The summed E-state index contributed by atoms with van der Waals surface area (Å²) in [5.41, 5.74) is 0. The van der Waals surface area contributed by atoms with Crippen molar-refractivity contribution >= 4 is 16.5 Å². The van der Waals surface area contributed by atoms with Crippen LogP contribution in [0.5, 0.6) is 17.2 Å². The fourth-order valence-corrected chi connectivity index (χ4v) is 5.45. The Morgan fingerprint density at radius 3 is 1.12 bits per heavy atom. The summed E-state index contributed by atoms with van der Waals surface area (Å²) in [6.45, 7) is 0. The van der Waals surface area contributed by atoms with Gasteiger partial charge in [-0.05, 0) is 83.1 Å². The molecule has 0 aromatic heterocycles. The lowest BCUT2D eigenvalue weighted by molar-refractivity contribution is 0.150. The molecule has 7 heteroatoms. The summed E-state index contributed by atoms with van der Waals surface area (Å²) in [6.07, 6.45) is -1.46. The van der Waals surface area contributed by atoms with Gasteiger partial charge in [0.2, 0.25) is 0 Å². The molecule has 0 atom stereocenters. The van der Waals surface area contributed by atoms with Gasteiger partial charge >= 0.3 is 6.16 Å². The number of phenolic OH excluding ortho intramolecular Hbond substituents is 3. The smallest absolute Gasteiger partial charge is 0.508 e. The van der Waals surface area contributed by atoms with E-state index in [-0.39, 0.29) is 17.2 Å². The second-order valence-corrected chi connectivity index (χ2v) is 8.08. The number of benzene rings is 3. The van der Waals surface area contributed by atoms with Gasteiger partial charge in [0.25, 0.3) is 0 Å². The van der Waals surface area contributed by atoms with Crippen LogP contribution in [0.2, 0.25) is 0 Å². The highest BCUT2D eigenvalue weighted by Gasteiger charge is 2.36. The first-order valence-corrected chi connectivity index (χ1v) is 9.10. The van der Waals surface area contributed by atoms with Crippen molar-refractivity contribution in [2.75, 3.05) is 0 Å². The van der Waals surface area contributed by atoms with E-state index in [0.717, 1.165) is 0 Å². The Balaban J connectivity index is 2.33. The molecule has 0 aliphatic carbocycles. The van der Waals surface area contributed by atoms with E-state index < -0.39 is 16.5 Å². The van der Waals surface area contributed by atoms with Crippen molar-refractivity contribution in [2.24, 2.45) is 0 Å². The molecular formula is C19H16O6S. The van der Waals surface area contributed by atoms with E-state index in [0.29, 0.717) is 14.7 Å². The van der Waals surface area contributed by atoms with Crippen LogP contribution >= 0.6 is 10.3 Å². The molecule has 6 nitrogen and oxygen atoms in total. The number of carbonyl (C=O) groups is 1. The maximum absolute atomic E-state index is 11.6. The Bertz CT molecular complexity index is 793. The second kappa shape index (κ2) is 6.89. The summed E-state index contributed by atoms with van der Waals surface area (Å²) < 4.78 is 5.47. The lowest BCUT2D eigenvalue weighted by atomic mass is 10.3. The van der Waals surface area contributed by atoms with Crippen LogP contribution in [0, 0.1) is 0 Å². The van der Waals surface area contributed by atoms with Crippen molar-refractivity contribution in [1.29, 1.82) is 0 Å². The molecule has 0 unspecified atom stereocenters. The topological polar surface area (TPSA) is 107 Å². The lowest BCUT2D eigenvalue weighted by Crippen LogP contribution is -2.11. The first-order chi connectivity index (χ1) is 12.4. The van der Waals surface area contributed by atoms with Crippen molar-refractivity contribution in [3.63, 3.8) is 0 Å². The number of hydrogen-bond acceptors (Lipinski definition) is 5. The number of rotatable bonds is 4. The van der Waals surface area contributed by atoms with E-state index in [9.17, 15) is 25.2 Å². The first kappa shape index (κ1) is 17.5. The minimum Gasteiger partial charge on any atom is -0.508 e. The molecule has 3 aromatic carbocycles. The Morgan fingerprint density at radius 1 is 0.615 bits per heavy atom. The fourth-order valence-electron chi connectivity index (χ4n) is 2.57.